The zero-order valence-electron chi connectivity index (χ0n) is 9.52. The van der Waals surface area contributed by atoms with Crippen LogP contribution in [0.25, 0.3) is 0 Å². The number of carboxylic acids is 1. The number of rotatable bonds is 5. The van der Waals surface area contributed by atoms with E-state index < -0.39 is 11.9 Å². The molecule has 1 aromatic carbocycles. The molecule has 2 N–H and O–H groups in total. The highest BCUT2D eigenvalue weighted by Gasteiger charge is 2.17. The monoisotopic (exact) mass is 239 g/mol. The number of ether oxygens (including phenoxy) is 2. The van der Waals surface area contributed by atoms with E-state index in [1.807, 2.05) is 0 Å². The standard InChI is InChI=1S/C11H13NO5/c1-16-8-5-3-4-7(12-6-9(13)14)10(8)11(15)17-2/h3-5,12H,6H2,1-2H3,(H,13,14). The van der Waals surface area contributed by atoms with Crippen molar-refractivity contribution in [2.24, 2.45) is 0 Å². The molecule has 0 aliphatic heterocycles. The van der Waals surface area contributed by atoms with Crippen LogP contribution in [0.2, 0.25) is 0 Å². The maximum absolute atomic E-state index is 11.6. The highest BCUT2D eigenvalue weighted by atomic mass is 16.5. The molecule has 0 spiro atoms. The maximum Gasteiger partial charge on any atom is 0.343 e. The molecule has 0 aromatic heterocycles. The van der Waals surface area contributed by atoms with Crippen LogP contribution in [-0.4, -0.2) is 37.8 Å². The van der Waals surface area contributed by atoms with Crippen molar-refractivity contribution >= 4 is 17.6 Å². The van der Waals surface area contributed by atoms with Crippen LogP contribution in [0.15, 0.2) is 18.2 Å². The Kier molecular flexibility index (Phi) is 4.33. The lowest BCUT2D eigenvalue weighted by Crippen LogP contribution is -2.16. The molecule has 0 fully saturated rings. The van der Waals surface area contributed by atoms with Gasteiger partial charge < -0.3 is 19.9 Å². The average molecular weight is 239 g/mol. The van der Waals surface area contributed by atoms with Crippen molar-refractivity contribution in [1.82, 2.24) is 0 Å². The summed E-state index contributed by atoms with van der Waals surface area (Å²) in [5, 5.41) is 11.2. The van der Waals surface area contributed by atoms with Crippen molar-refractivity contribution in [3.05, 3.63) is 23.8 Å². The minimum absolute atomic E-state index is 0.179. The van der Waals surface area contributed by atoms with Gasteiger partial charge in [0.15, 0.2) is 0 Å². The van der Waals surface area contributed by atoms with Gasteiger partial charge in [0, 0.05) is 0 Å². The Balaban J connectivity index is 3.10. The smallest absolute Gasteiger partial charge is 0.343 e. The molecule has 0 heterocycles. The van der Waals surface area contributed by atoms with E-state index in [4.69, 9.17) is 9.84 Å². The fourth-order valence-electron chi connectivity index (χ4n) is 1.33. The molecule has 1 rings (SSSR count). The molecule has 0 bridgehead atoms. The number of hydrogen-bond donors (Lipinski definition) is 2. The van der Waals surface area contributed by atoms with Crippen molar-refractivity contribution < 1.29 is 24.2 Å². The van der Waals surface area contributed by atoms with Gasteiger partial charge in [-0.25, -0.2) is 4.79 Å². The molecule has 92 valence electrons. The van der Waals surface area contributed by atoms with Crippen molar-refractivity contribution in [2.45, 2.75) is 0 Å². The summed E-state index contributed by atoms with van der Waals surface area (Å²) < 4.78 is 9.65. The summed E-state index contributed by atoms with van der Waals surface area (Å²) in [6.45, 7) is -0.294. The number of anilines is 1. The van der Waals surface area contributed by atoms with Gasteiger partial charge in [-0.15, -0.1) is 0 Å². The van der Waals surface area contributed by atoms with Crippen LogP contribution in [0.5, 0.6) is 5.75 Å². The topological polar surface area (TPSA) is 84.9 Å². The summed E-state index contributed by atoms with van der Waals surface area (Å²) >= 11 is 0. The third-order valence-electron chi connectivity index (χ3n) is 2.07. The van der Waals surface area contributed by atoms with E-state index in [1.165, 1.54) is 14.2 Å². The number of carbonyl (C=O) groups is 2. The fraction of sp³-hybridized carbons (Fsp3) is 0.273. The minimum atomic E-state index is -1.02. The Hall–Kier alpha value is -2.24. The van der Waals surface area contributed by atoms with E-state index in [2.05, 4.69) is 10.1 Å². The first kappa shape index (κ1) is 12.8. The second kappa shape index (κ2) is 5.74. The average Bonchev–Trinajstić information content (AvgIpc) is 2.34. The van der Waals surface area contributed by atoms with Gasteiger partial charge in [0.1, 0.15) is 17.9 Å². The highest BCUT2D eigenvalue weighted by Crippen LogP contribution is 2.26. The van der Waals surface area contributed by atoms with Gasteiger partial charge in [0.2, 0.25) is 0 Å². The van der Waals surface area contributed by atoms with Crippen molar-refractivity contribution in [2.75, 3.05) is 26.1 Å². The number of aliphatic carboxylic acids is 1. The molecule has 0 amide bonds. The third-order valence-corrected chi connectivity index (χ3v) is 2.07. The number of nitrogens with one attached hydrogen (secondary N) is 1. The molecule has 0 atom stereocenters. The summed E-state index contributed by atoms with van der Waals surface area (Å²) in [5.74, 6) is -1.29. The minimum Gasteiger partial charge on any atom is -0.496 e. The maximum atomic E-state index is 11.6. The number of carboxylic acid groups (broad SMARTS) is 1. The zero-order chi connectivity index (χ0) is 12.8. The first-order valence-corrected chi connectivity index (χ1v) is 4.81. The number of hydrogen-bond acceptors (Lipinski definition) is 5. The van der Waals surface area contributed by atoms with E-state index in [0.717, 1.165) is 0 Å². The first-order chi connectivity index (χ1) is 8.10. The number of methoxy groups -OCH3 is 2. The molecule has 0 unspecified atom stereocenters. The van der Waals surface area contributed by atoms with E-state index in [-0.39, 0.29) is 12.1 Å². The van der Waals surface area contributed by atoms with Crippen LogP contribution in [0.4, 0.5) is 5.69 Å². The molecule has 0 saturated carbocycles. The van der Waals surface area contributed by atoms with Crippen molar-refractivity contribution in [3.63, 3.8) is 0 Å². The predicted octanol–water partition coefficient (Wildman–Crippen LogP) is 0.978. The number of esters is 1. The largest absolute Gasteiger partial charge is 0.496 e. The SMILES string of the molecule is COC(=O)c1c(NCC(=O)O)cccc1OC. The van der Waals surface area contributed by atoms with Gasteiger partial charge in [0.05, 0.1) is 19.9 Å². The molecular weight excluding hydrogens is 226 g/mol. The Morgan fingerprint density at radius 2 is 2.06 bits per heavy atom. The first-order valence-electron chi connectivity index (χ1n) is 4.81. The normalized spacial score (nSPS) is 9.53. The molecule has 0 aliphatic rings. The summed E-state index contributed by atoms with van der Waals surface area (Å²) in [5.41, 5.74) is 0.539. The van der Waals surface area contributed by atoms with Crippen molar-refractivity contribution in [3.8, 4) is 5.75 Å². The summed E-state index contributed by atoms with van der Waals surface area (Å²) in [7, 11) is 2.67. The molecule has 0 saturated heterocycles. The van der Waals surface area contributed by atoms with Crippen LogP contribution >= 0.6 is 0 Å². The second-order valence-corrected chi connectivity index (χ2v) is 3.12. The lowest BCUT2D eigenvalue weighted by Gasteiger charge is -2.12. The zero-order valence-corrected chi connectivity index (χ0v) is 9.52. The molecule has 0 radical (unpaired) electrons. The molecule has 1 aromatic rings. The van der Waals surface area contributed by atoms with Gasteiger partial charge in [0.25, 0.3) is 0 Å². The van der Waals surface area contributed by atoms with E-state index >= 15 is 0 Å². The van der Waals surface area contributed by atoms with E-state index in [1.54, 1.807) is 18.2 Å². The second-order valence-electron chi connectivity index (χ2n) is 3.12. The summed E-state index contributed by atoms with van der Waals surface area (Å²) in [6, 6.07) is 4.82. The third kappa shape index (κ3) is 3.10. The van der Waals surface area contributed by atoms with Crippen LogP contribution in [-0.2, 0) is 9.53 Å². The van der Waals surface area contributed by atoms with Gasteiger partial charge in [-0.1, -0.05) is 6.07 Å². The van der Waals surface area contributed by atoms with Crippen molar-refractivity contribution in [1.29, 1.82) is 0 Å². The Bertz CT molecular complexity index is 430. The molecular formula is C11H13NO5. The Morgan fingerprint density at radius 3 is 2.59 bits per heavy atom. The van der Waals surface area contributed by atoms with Crippen LogP contribution in [0, 0.1) is 0 Å². The van der Waals surface area contributed by atoms with Crippen LogP contribution < -0.4 is 10.1 Å². The lowest BCUT2D eigenvalue weighted by atomic mass is 10.1. The van der Waals surface area contributed by atoms with Crippen LogP contribution in [0.1, 0.15) is 10.4 Å². The predicted molar refractivity (Wildman–Crippen MR) is 60.5 cm³/mol. The number of benzene rings is 1. The fourth-order valence-corrected chi connectivity index (χ4v) is 1.33. The summed E-state index contributed by atoms with van der Waals surface area (Å²) in [4.78, 5) is 22.0. The van der Waals surface area contributed by atoms with Gasteiger partial charge in [-0.05, 0) is 12.1 Å². The highest BCUT2D eigenvalue weighted by molar-refractivity contribution is 5.99. The molecule has 6 heteroatoms. The number of carbonyl (C=O) groups excluding carboxylic acids is 1. The van der Waals surface area contributed by atoms with Gasteiger partial charge in [-0.3, -0.25) is 4.79 Å². The van der Waals surface area contributed by atoms with Gasteiger partial charge >= 0.3 is 11.9 Å². The van der Waals surface area contributed by atoms with E-state index in [0.29, 0.717) is 11.4 Å². The Morgan fingerprint density at radius 1 is 1.35 bits per heavy atom. The molecule has 0 aliphatic carbocycles. The quantitative estimate of drug-likeness (QED) is 0.745. The van der Waals surface area contributed by atoms with Gasteiger partial charge in [-0.2, -0.15) is 0 Å². The Labute approximate surface area is 98.2 Å². The van der Waals surface area contributed by atoms with Crippen LogP contribution in [0.3, 0.4) is 0 Å². The van der Waals surface area contributed by atoms with E-state index in [9.17, 15) is 9.59 Å². The summed E-state index contributed by atoms with van der Waals surface area (Å²) in [6.07, 6.45) is 0. The lowest BCUT2D eigenvalue weighted by molar-refractivity contribution is -0.134. The molecule has 17 heavy (non-hydrogen) atoms. The molecule has 6 nitrogen and oxygen atoms in total.